The molecule has 126 valence electrons. The maximum absolute atomic E-state index is 5.77. The molecule has 2 heterocycles. The Morgan fingerprint density at radius 2 is 2.04 bits per heavy atom. The van der Waals surface area contributed by atoms with E-state index in [4.69, 9.17) is 9.15 Å². The number of nitrogens with one attached hydrogen (secondary N) is 1. The molecule has 0 aliphatic carbocycles. The van der Waals surface area contributed by atoms with Gasteiger partial charge in [0.2, 0.25) is 0 Å². The van der Waals surface area contributed by atoms with Gasteiger partial charge in [0.25, 0.3) is 11.1 Å². The molecule has 0 unspecified atom stereocenters. The van der Waals surface area contributed by atoms with E-state index in [1.165, 1.54) is 11.8 Å². The van der Waals surface area contributed by atoms with E-state index in [0.29, 0.717) is 17.7 Å². The number of halogens is 1. The van der Waals surface area contributed by atoms with Crippen LogP contribution in [0, 0.1) is 0 Å². The number of fused-ring (bicyclic) bond motifs is 1. The van der Waals surface area contributed by atoms with Gasteiger partial charge in [-0.1, -0.05) is 52.0 Å². The lowest BCUT2D eigenvalue weighted by molar-refractivity contribution is 0.343. The van der Waals surface area contributed by atoms with Crippen molar-refractivity contribution in [3.63, 3.8) is 0 Å². The van der Waals surface area contributed by atoms with Crippen molar-refractivity contribution in [3.8, 4) is 17.2 Å². The Labute approximate surface area is 156 Å². The predicted octanol–water partition coefficient (Wildman–Crippen LogP) is 5.15. The first-order valence-corrected chi connectivity index (χ1v) is 9.48. The zero-order chi connectivity index (χ0) is 17.1. The zero-order valence-electron chi connectivity index (χ0n) is 13.1. The molecule has 0 saturated carbocycles. The van der Waals surface area contributed by atoms with Crippen LogP contribution in [-0.2, 0) is 0 Å². The Morgan fingerprint density at radius 3 is 2.96 bits per heavy atom. The van der Waals surface area contributed by atoms with Gasteiger partial charge in [0.05, 0.1) is 12.2 Å². The summed E-state index contributed by atoms with van der Waals surface area (Å²) < 4.78 is 12.5. The molecule has 2 aromatic carbocycles. The number of rotatable bonds is 6. The standard InChI is InChI=1S/C18H14BrN3O2S/c19-12-4-3-5-13(10-12)23-8-9-25-18-22-21-17(24-18)15-11-20-16-7-2-1-6-14(15)16/h1-7,10-11,20H,8-9H2. The number of H-pyrrole nitrogens is 1. The van der Waals surface area contributed by atoms with Crippen molar-refractivity contribution in [2.75, 3.05) is 12.4 Å². The summed E-state index contributed by atoms with van der Waals surface area (Å²) in [6.45, 7) is 0.561. The highest BCUT2D eigenvalue weighted by molar-refractivity contribution is 9.10. The number of ether oxygens (including phenoxy) is 1. The van der Waals surface area contributed by atoms with Gasteiger partial charge in [0.1, 0.15) is 5.75 Å². The van der Waals surface area contributed by atoms with Crippen LogP contribution < -0.4 is 4.74 Å². The third-order valence-corrected chi connectivity index (χ3v) is 4.88. The molecule has 5 nitrogen and oxygen atoms in total. The number of aromatic nitrogens is 3. The molecule has 0 atom stereocenters. The molecule has 7 heteroatoms. The quantitative estimate of drug-likeness (QED) is 0.348. The van der Waals surface area contributed by atoms with Gasteiger partial charge < -0.3 is 14.1 Å². The van der Waals surface area contributed by atoms with Gasteiger partial charge >= 0.3 is 0 Å². The van der Waals surface area contributed by atoms with Crippen LogP contribution >= 0.6 is 27.7 Å². The number of hydrogen-bond acceptors (Lipinski definition) is 5. The second-order valence-corrected chi connectivity index (χ2v) is 7.24. The first kappa shape index (κ1) is 16.2. The second-order valence-electron chi connectivity index (χ2n) is 5.28. The molecule has 2 aromatic heterocycles. The zero-order valence-corrected chi connectivity index (χ0v) is 15.5. The summed E-state index contributed by atoms with van der Waals surface area (Å²) in [6.07, 6.45) is 1.89. The van der Waals surface area contributed by atoms with Crippen LogP contribution in [0.25, 0.3) is 22.4 Å². The minimum atomic E-state index is 0.521. The van der Waals surface area contributed by atoms with Gasteiger partial charge in [-0.2, -0.15) is 0 Å². The molecule has 4 aromatic rings. The van der Waals surface area contributed by atoms with Crippen LogP contribution in [0.2, 0.25) is 0 Å². The summed E-state index contributed by atoms with van der Waals surface area (Å²) in [6, 6.07) is 15.8. The number of aromatic amines is 1. The highest BCUT2D eigenvalue weighted by Gasteiger charge is 2.13. The Kier molecular flexibility index (Phi) is 4.76. The molecule has 0 radical (unpaired) electrons. The van der Waals surface area contributed by atoms with Crippen molar-refractivity contribution in [3.05, 3.63) is 59.2 Å². The molecular formula is C18H14BrN3O2S. The summed E-state index contributed by atoms with van der Waals surface area (Å²) in [5.74, 6) is 2.08. The Balaban J connectivity index is 1.37. The van der Waals surface area contributed by atoms with E-state index in [2.05, 4.69) is 31.1 Å². The lowest BCUT2D eigenvalue weighted by Gasteiger charge is -2.04. The summed E-state index contributed by atoms with van der Waals surface area (Å²) in [5, 5.41) is 9.87. The fourth-order valence-corrected chi connectivity index (χ4v) is 3.43. The topological polar surface area (TPSA) is 63.9 Å². The average molecular weight is 416 g/mol. The molecule has 0 amide bonds. The molecule has 25 heavy (non-hydrogen) atoms. The maximum Gasteiger partial charge on any atom is 0.276 e. The number of hydrogen-bond donors (Lipinski definition) is 1. The molecular weight excluding hydrogens is 402 g/mol. The van der Waals surface area contributed by atoms with Gasteiger partial charge in [-0.05, 0) is 24.3 Å². The lowest BCUT2D eigenvalue weighted by Crippen LogP contribution is -1.99. The molecule has 0 fully saturated rings. The van der Waals surface area contributed by atoms with Crippen molar-refractivity contribution in [1.29, 1.82) is 0 Å². The number of thioether (sulfide) groups is 1. The van der Waals surface area contributed by atoms with E-state index in [9.17, 15) is 0 Å². The van der Waals surface area contributed by atoms with Crippen LogP contribution in [0.5, 0.6) is 5.75 Å². The summed E-state index contributed by atoms with van der Waals surface area (Å²) in [7, 11) is 0. The van der Waals surface area contributed by atoms with Gasteiger partial charge in [0.15, 0.2) is 0 Å². The van der Waals surface area contributed by atoms with Crippen LogP contribution in [-0.4, -0.2) is 27.5 Å². The Morgan fingerprint density at radius 1 is 1.12 bits per heavy atom. The van der Waals surface area contributed by atoms with Crippen molar-refractivity contribution in [1.82, 2.24) is 15.2 Å². The normalized spacial score (nSPS) is 11.1. The van der Waals surface area contributed by atoms with Crippen molar-refractivity contribution in [2.24, 2.45) is 0 Å². The molecule has 0 bridgehead atoms. The van der Waals surface area contributed by atoms with Gasteiger partial charge in [-0.3, -0.25) is 0 Å². The molecule has 0 spiro atoms. The smallest absolute Gasteiger partial charge is 0.276 e. The van der Waals surface area contributed by atoms with Crippen LogP contribution in [0.1, 0.15) is 0 Å². The average Bonchev–Trinajstić information content (AvgIpc) is 3.25. The molecule has 1 N–H and O–H groups in total. The minimum Gasteiger partial charge on any atom is -0.493 e. The third-order valence-electron chi connectivity index (χ3n) is 3.60. The molecule has 4 rings (SSSR count). The van der Waals surface area contributed by atoms with Crippen molar-refractivity contribution < 1.29 is 9.15 Å². The highest BCUT2D eigenvalue weighted by Crippen LogP contribution is 2.29. The van der Waals surface area contributed by atoms with E-state index in [1.807, 2.05) is 54.7 Å². The summed E-state index contributed by atoms with van der Waals surface area (Å²) >= 11 is 4.91. The Bertz CT molecular complexity index is 999. The predicted molar refractivity (Wildman–Crippen MR) is 102 cm³/mol. The van der Waals surface area contributed by atoms with Crippen molar-refractivity contribution in [2.45, 2.75) is 5.22 Å². The highest BCUT2D eigenvalue weighted by atomic mass is 79.9. The lowest BCUT2D eigenvalue weighted by atomic mass is 10.2. The monoisotopic (exact) mass is 415 g/mol. The third kappa shape index (κ3) is 3.72. The van der Waals surface area contributed by atoms with E-state index in [-0.39, 0.29) is 0 Å². The van der Waals surface area contributed by atoms with Gasteiger partial charge in [-0.25, -0.2) is 0 Å². The van der Waals surface area contributed by atoms with E-state index in [1.54, 1.807) is 0 Å². The molecule has 0 saturated heterocycles. The maximum atomic E-state index is 5.77. The number of para-hydroxylation sites is 1. The number of benzene rings is 2. The van der Waals surface area contributed by atoms with Crippen LogP contribution in [0.15, 0.2) is 68.8 Å². The fraction of sp³-hybridized carbons (Fsp3) is 0.111. The summed E-state index contributed by atoms with van der Waals surface area (Å²) in [4.78, 5) is 3.21. The van der Waals surface area contributed by atoms with Gasteiger partial charge in [-0.15, -0.1) is 10.2 Å². The first-order valence-electron chi connectivity index (χ1n) is 7.71. The second kappa shape index (κ2) is 7.33. The van der Waals surface area contributed by atoms with E-state index >= 15 is 0 Å². The van der Waals surface area contributed by atoms with Crippen molar-refractivity contribution >= 4 is 38.6 Å². The van der Waals surface area contributed by atoms with Crippen LogP contribution in [0.4, 0.5) is 0 Å². The molecule has 0 aliphatic rings. The van der Waals surface area contributed by atoms with Crippen LogP contribution in [0.3, 0.4) is 0 Å². The summed E-state index contributed by atoms with van der Waals surface area (Å²) in [5.41, 5.74) is 1.97. The Hall–Kier alpha value is -2.25. The van der Waals surface area contributed by atoms with E-state index < -0.39 is 0 Å². The molecule has 0 aliphatic heterocycles. The largest absolute Gasteiger partial charge is 0.493 e. The number of nitrogens with zero attached hydrogens (tertiary/aromatic N) is 2. The fourth-order valence-electron chi connectivity index (χ4n) is 2.47. The minimum absolute atomic E-state index is 0.521. The van der Waals surface area contributed by atoms with Gasteiger partial charge in [0, 0.05) is 27.3 Å². The SMILES string of the molecule is Brc1cccc(OCCSc2nnc(-c3c[nH]c4ccccc34)o2)c1. The first-order chi connectivity index (χ1) is 12.3. The van der Waals surface area contributed by atoms with E-state index in [0.717, 1.165) is 32.4 Å².